The highest BCUT2D eigenvalue weighted by Crippen LogP contribution is 2.29. The van der Waals surface area contributed by atoms with E-state index in [0.29, 0.717) is 78.5 Å². The third kappa shape index (κ3) is 43.7. The van der Waals surface area contributed by atoms with Crippen molar-refractivity contribution in [1.29, 1.82) is 0 Å². The zero-order valence-electron chi connectivity index (χ0n) is 86.4. The molecule has 23 N–H and O–H groups in total. The molecule has 0 fully saturated rings. The van der Waals surface area contributed by atoms with Crippen LogP contribution in [0, 0.1) is 51.4 Å². The van der Waals surface area contributed by atoms with Crippen LogP contribution < -0.4 is 97.0 Å². The zero-order chi connectivity index (χ0) is 107. The first-order valence-electron chi connectivity index (χ1n) is 50.0. The molecule has 0 aliphatic rings. The molecule has 15 amide bonds. The maximum absolute atomic E-state index is 14.5. The van der Waals surface area contributed by atoms with Gasteiger partial charge in [-0.3, -0.25) is 76.7 Å². The number of hydrogen-bond acceptors (Lipinski definition) is 21. The van der Waals surface area contributed by atoms with Crippen LogP contribution in [0.25, 0.3) is 35.4 Å². The number of rotatable bonds is 65. The molecule has 0 aromatic heterocycles. The number of nitrogens with two attached hydrogens (primary N) is 3. The summed E-state index contributed by atoms with van der Waals surface area (Å²) in [6.07, 6.45) is 20.2. The molecule has 0 aliphatic carbocycles. The van der Waals surface area contributed by atoms with Crippen molar-refractivity contribution in [1.82, 2.24) is 79.8 Å². The van der Waals surface area contributed by atoms with Gasteiger partial charge in [-0.15, -0.1) is 0 Å². The third-order valence-corrected chi connectivity index (χ3v) is 24.2. The maximum Gasteiger partial charge on any atom is 0.336 e. The molecule has 0 saturated heterocycles. The summed E-state index contributed by atoms with van der Waals surface area (Å²) in [4.78, 5) is 244. The average molecular weight is 1990 g/mol. The Morgan fingerprint density at radius 3 is 1.05 bits per heavy atom. The van der Waals surface area contributed by atoms with Crippen molar-refractivity contribution in [3.63, 3.8) is 0 Å². The van der Waals surface area contributed by atoms with Gasteiger partial charge in [0.2, 0.25) is 82.7 Å². The molecule has 4 rings (SSSR count). The summed E-state index contributed by atoms with van der Waals surface area (Å²) in [5.41, 5.74) is 24.8. The van der Waals surface area contributed by atoms with E-state index in [1.165, 1.54) is 66.2 Å². The van der Waals surface area contributed by atoms with Crippen molar-refractivity contribution < 1.29 is 96.5 Å². The molecule has 1 unspecified atom stereocenters. The van der Waals surface area contributed by atoms with Crippen molar-refractivity contribution >= 4 is 131 Å². The first kappa shape index (κ1) is 122. The van der Waals surface area contributed by atoms with E-state index in [4.69, 9.17) is 17.2 Å². The molecule has 0 saturated carbocycles. The predicted octanol–water partition coefficient (Wildman–Crippen LogP) is 6.71. The number of amides is 15. The van der Waals surface area contributed by atoms with E-state index < -0.39 is 216 Å². The van der Waals surface area contributed by atoms with Gasteiger partial charge < -0.3 is 107 Å². The van der Waals surface area contributed by atoms with E-state index in [0.717, 1.165) is 47.9 Å². The second kappa shape index (κ2) is 63.7. The zero-order valence-corrected chi connectivity index (χ0v) is 86.4. The summed E-state index contributed by atoms with van der Waals surface area (Å²) in [6.45, 7) is 27.1. The fraction of sp³-hybridized carbons (Fsp3) is 0.562. The second-order valence-corrected chi connectivity index (χ2v) is 38.2. The fourth-order valence-electron chi connectivity index (χ4n) is 15.8. The summed E-state index contributed by atoms with van der Waals surface area (Å²) in [7, 11) is 0. The van der Waals surface area contributed by atoms with Gasteiger partial charge in [0.1, 0.15) is 60.4 Å². The maximum atomic E-state index is 14.5. The Bertz CT molecular complexity index is 4950. The first-order chi connectivity index (χ1) is 67.6. The number of unbranched alkanes of at least 4 members (excludes halogenated alkanes) is 12. The number of carboxylic acid groups (broad SMARTS) is 2. The number of aromatic carboxylic acids is 2. The van der Waals surface area contributed by atoms with Crippen LogP contribution in [0.5, 0.6) is 0 Å². The third-order valence-electron chi connectivity index (χ3n) is 24.2. The van der Waals surface area contributed by atoms with Crippen LogP contribution in [0.1, 0.15) is 294 Å². The number of carboxylic acids is 2. The quantitative estimate of drug-likeness (QED) is 0.0161. The Morgan fingerprint density at radius 2 is 0.657 bits per heavy atom. The number of ketones is 1. The molecule has 4 aromatic rings. The number of aryl methyl sites for hydroxylation is 4. The van der Waals surface area contributed by atoms with Crippen LogP contribution in [0.3, 0.4) is 0 Å². The van der Waals surface area contributed by atoms with Crippen molar-refractivity contribution in [2.75, 3.05) is 45.8 Å². The summed E-state index contributed by atoms with van der Waals surface area (Å²) >= 11 is 0. The van der Waals surface area contributed by atoms with Crippen LogP contribution in [0.2, 0.25) is 0 Å². The normalized spacial score (nSPS) is 13.7. The monoisotopic (exact) mass is 1990 g/mol. The lowest BCUT2D eigenvalue weighted by Crippen LogP contribution is -2.61. The van der Waals surface area contributed by atoms with Gasteiger partial charge in [-0.25, -0.2) is 9.59 Å². The Kier molecular flexibility index (Phi) is 54.5. The Hall–Kier alpha value is -13.1. The summed E-state index contributed by atoms with van der Waals surface area (Å²) < 4.78 is 0. The molecule has 0 aliphatic heterocycles. The molecule has 0 spiro atoms. The molecule has 0 heterocycles. The molecular weight excluding hydrogens is 1830 g/mol. The summed E-state index contributed by atoms with van der Waals surface area (Å²) in [5.74, 6) is -16.4. The van der Waals surface area contributed by atoms with Gasteiger partial charge in [0.25, 0.3) is 5.91 Å². The summed E-state index contributed by atoms with van der Waals surface area (Å²) in [5, 5.41) is 59.2. The molecule has 11 atom stereocenters. The summed E-state index contributed by atoms with van der Waals surface area (Å²) in [6, 6.07) is 4.90. The van der Waals surface area contributed by atoms with Crippen molar-refractivity contribution in [2.24, 2.45) is 40.9 Å². The molecule has 4 aromatic carbocycles. The van der Waals surface area contributed by atoms with E-state index in [1.807, 2.05) is 58.0 Å². The van der Waals surface area contributed by atoms with Gasteiger partial charge in [0.05, 0.1) is 43.2 Å². The van der Waals surface area contributed by atoms with Gasteiger partial charge in [-0.1, -0.05) is 169 Å². The Balaban J connectivity index is 1.34. The Morgan fingerprint density at radius 1 is 0.322 bits per heavy atom. The van der Waals surface area contributed by atoms with E-state index in [-0.39, 0.29) is 62.0 Å². The topological polar surface area (TPSA) is 606 Å². The van der Waals surface area contributed by atoms with E-state index in [2.05, 4.69) is 86.7 Å². The van der Waals surface area contributed by atoms with Crippen molar-refractivity contribution in [3.05, 3.63) is 128 Å². The lowest BCUT2D eigenvalue weighted by Gasteiger charge is -2.30. The van der Waals surface area contributed by atoms with E-state index in [1.54, 1.807) is 116 Å². The largest absolute Gasteiger partial charge is 0.478 e. The van der Waals surface area contributed by atoms with Crippen LogP contribution in [0.15, 0.2) is 66.7 Å². The fourth-order valence-corrected chi connectivity index (χ4v) is 15.8. The molecule has 143 heavy (non-hydrogen) atoms. The molecule has 0 bridgehead atoms. The number of Topliss-reactive ketones (excluding diaryl/α,β-unsaturated/α-hetero) is 1. The molecule has 38 heteroatoms. The lowest BCUT2D eigenvalue weighted by molar-refractivity contribution is -0.137. The number of nitrogens with one attached hydrogen (secondary N) is 15. The smallest absolute Gasteiger partial charge is 0.336 e. The Labute approximate surface area is 841 Å². The second-order valence-electron chi connectivity index (χ2n) is 38.2. The van der Waals surface area contributed by atoms with E-state index >= 15 is 0 Å². The standard InChI is InChI=1S/C105H158N18O20/c1-18-19-20-21-22-23-24-25-26-33-48-109-85(125)56-84(71(17)124)119-101(137)90(61(4)5)122-103(139)92(63(8)9)123-102(138)91(62(6)7)120-95(131)70(16)114-93(129)68(14)113-94(130)69(15)115-100(136)89(60(2)3)121-99(135)83(36-29-32-47-108)118-98(134)82(35-28-31-46-107)117-97(133)81(34-27-30-45-106)116-88(128)59-111-86(126)57-110-87(127)58-112-96(132)75-41-39-74(40-42-75)76-54-72(37-43-77-66(12)49-64(10)51-79(77)104(140)141)53-73(55-76)38-44-78-67(13)50-65(11)52-80(78)105(142)143/h37-44,49-55,60-63,68-70,81-84,89-92H,18-36,45-48,56-59,106-108H2,1-17H3,(H,109,125)(H,110,127)(H,111,126)(H,112,132)(H,113,130)(H,114,129)(H,115,136)(H,116,128)(H,117,133)(H,118,134)(H,119,137)(H,120,131)(H,121,135)(H,122,139)(H,123,138)(H,140,141)(H,142,143)/b43-37+,44-38+/t68-,69-,70-,81-,82-,83-,84?,89-,90-,91-,92-/m0/s1. The predicted molar refractivity (Wildman–Crippen MR) is 550 cm³/mol. The number of benzene rings is 4. The highest BCUT2D eigenvalue weighted by Gasteiger charge is 2.38. The van der Waals surface area contributed by atoms with Gasteiger partial charge in [0.15, 0.2) is 5.78 Å². The average Bonchev–Trinajstić information content (AvgIpc) is 0.812. The minimum Gasteiger partial charge on any atom is -0.478 e. The van der Waals surface area contributed by atoms with Crippen molar-refractivity contribution in [3.8, 4) is 11.1 Å². The molecule has 788 valence electrons. The van der Waals surface area contributed by atoms with E-state index in [9.17, 15) is 96.5 Å². The number of carbonyl (C=O) groups is 18. The van der Waals surface area contributed by atoms with Gasteiger partial charge >= 0.3 is 11.9 Å². The lowest BCUT2D eigenvalue weighted by atomic mass is 9.95. The van der Waals surface area contributed by atoms with Gasteiger partial charge in [-0.05, 0) is 261 Å². The van der Waals surface area contributed by atoms with Crippen LogP contribution in [0.4, 0.5) is 0 Å². The van der Waals surface area contributed by atoms with Gasteiger partial charge in [-0.2, -0.15) is 0 Å². The SMILES string of the molecule is CCCCCCCCCCCCNC(=O)CC(NC(=O)[C@@H](NC(=O)[C@@H](NC(=O)[C@@H](NC(=O)[C@H](C)NC(=O)[C@H](C)NC(=O)[C@H](C)NC(=O)[C@@H](NC(=O)[C@H](CCCCN)NC(=O)[C@H](CCCCN)NC(=O)[C@H](CCCCN)NC(=O)CNC(=O)CNC(=O)CNC(=O)c1ccc(-c2cc(/C=C/c3c(C)cc(C)cc3C(=O)O)cc(/C=C/c3c(C)cc(C)cc3C(=O)O)c2)cc1)C(C)C)C(C)C)C(C)C)C(C)C)C(C)=O. The minimum atomic E-state index is -1.34. The highest BCUT2D eigenvalue weighted by molar-refractivity contribution is 6.03. The van der Waals surface area contributed by atoms with Crippen LogP contribution in [-0.2, 0) is 71.9 Å². The first-order valence-corrected chi connectivity index (χ1v) is 50.0. The van der Waals surface area contributed by atoms with Crippen LogP contribution in [-0.4, -0.2) is 229 Å². The number of carbonyl (C=O) groups excluding carboxylic acids is 16. The minimum absolute atomic E-state index is 0.00561. The van der Waals surface area contributed by atoms with Gasteiger partial charge in [0, 0.05) is 12.1 Å². The number of hydrogen-bond donors (Lipinski definition) is 20. The van der Waals surface area contributed by atoms with Crippen molar-refractivity contribution in [2.45, 2.75) is 313 Å². The van der Waals surface area contributed by atoms with Crippen LogP contribution >= 0.6 is 0 Å². The molecular formula is C105H158N18O20. The molecule has 0 radical (unpaired) electrons. The highest BCUT2D eigenvalue weighted by atomic mass is 16.4. The molecule has 38 nitrogen and oxygen atoms in total.